The number of benzene rings is 1. The van der Waals surface area contributed by atoms with Crippen LogP contribution in [0.25, 0.3) is 0 Å². The zero-order chi connectivity index (χ0) is 13.7. The topological polar surface area (TPSA) is 54.9 Å². The van der Waals surface area contributed by atoms with E-state index in [1.807, 2.05) is 6.92 Å². The molecule has 100 valence electrons. The van der Waals surface area contributed by atoms with E-state index < -0.39 is 0 Å². The minimum atomic E-state index is -0.00318. The maximum atomic E-state index is 11.9. The van der Waals surface area contributed by atoms with Crippen molar-refractivity contribution < 1.29 is 4.79 Å². The van der Waals surface area contributed by atoms with E-state index in [4.69, 9.17) is 11.6 Å². The molecule has 4 nitrogen and oxygen atoms in total. The summed E-state index contributed by atoms with van der Waals surface area (Å²) in [6.45, 7) is 2.25. The van der Waals surface area contributed by atoms with Crippen molar-refractivity contribution in [2.24, 2.45) is 0 Å². The van der Waals surface area contributed by atoms with Gasteiger partial charge in [0, 0.05) is 22.1 Å². The molecular formula is C12H12ClN3OS2. The van der Waals surface area contributed by atoms with Crippen LogP contribution in [-0.2, 0) is 0 Å². The quantitative estimate of drug-likeness (QED) is 0.652. The number of rotatable bonds is 6. The number of carbonyl (C=O) groups excluding carboxylic acids is 1. The van der Waals surface area contributed by atoms with Gasteiger partial charge in [-0.25, -0.2) is 0 Å². The highest BCUT2D eigenvalue weighted by atomic mass is 35.5. The molecule has 7 heteroatoms. The molecule has 0 saturated heterocycles. The summed E-state index contributed by atoms with van der Waals surface area (Å²) in [5.41, 5.74) is 0.629. The molecule has 0 unspecified atom stereocenters. The van der Waals surface area contributed by atoms with Crippen molar-refractivity contribution in [3.8, 4) is 0 Å². The first-order valence-corrected chi connectivity index (χ1v) is 7.82. The summed E-state index contributed by atoms with van der Waals surface area (Å²) in [6, 6.07) is 6.83. The summed E-state index contributed by atoms with van der Waals surface area (Å²) in [5, 5.41) is 5.02. The summed E-state index contributed by atoms with van der Waals surface area (Å²) in [6.07, 6.45) is 0. The summed E-state index contributed by atoms with van der Waals surface area (Å²) >= 11 is 8.62. The Labute approximate surface area is 124 Å². The number of carbonyl (C=O) groups is 1. The lowest BCUT2D eigenvalue weighted by Gasteiger charge is -2.01. The Balaban J connectivity index is 1.90. The van der Waals surface area contributed by atoms with Crippen molar-refractivity contribution in [3.63, 3.8) is 0 Å². The Morgan fingerprint density at radius 1 is 1.42 bits per heavy atom. The number of halogens is 1. The molecule has 0 fully saturated rings. The number of hydrogen-bond donors (Lipinski definition) is 1. The van der Waals surface area contributed by atoms with Crippen LogP contribution in [0.1, 0.15) is 17.3 Å². The lowest BCUT2D eigenvalue weighted by Crippen LogP contribution is -2.13. The highest BCUT2D eigenvalue weighted by Crippen LogP contribution is 2.19. The zero-order valence-electron chi connectivity index (χ0n) is 10.2. The van der Waals surface area contributed by atoms with Gasteiger partial charge in [-0.15, -0.1) is 0 Å². The number of nitrogens with zero attached hydrogens (tertiary/aromatic N) is 2. The SMILES string of the molecule is CCSc1nsc(NCC(=O)c2ccc(Cl)cc2)n1. The van der Waals surface area contributed by atoms with Crippen LogP contribution in [0.4, 0.5) is 5.13 Å². The van der Waals surface area contributed by atoms with Gasteiger partial charge in [0.2, 0.25) is 10.3 Å². The molecule has 1 aromatic heterocycles. The van der Waals surface area contributed by atoms with Crippen LogP contribution < -0.4 is 5.32 Å². The first-order chi connectivity index (χ1) is 9.19. The summed E-state index contributed by atoms with van der Waals surface area (Å²) in [4.78, 5) is 16.2. The predicted molar refractivity (Wildman–Crippen MR) is 80.6 cm³/mol. The van der Waals surface area contributed by atoms with Gasteiger partial charge in [0.15, 0.2) is 5.78 Å². The number of aromatic nitrogens is 2. The van der Waals surface area contributed by atoms with Gasteiger partial charge in [-0.1, -0.05) is 30.3 Å². The van der Waals surface area contributed by atoms with Crippen molar-refractivity contribution in [2.75, 3.05) is 17.6 Å². The van der Waals surface area contributed by atoms with Crippen molar-refractivity contribution in [3.05, 3.63) is 34.9 Å². The fourth-order valence-corrected chi connectivity index (χ4v) is 2.75. The lowest BCUT2D eigenvalue weighted by molar-refractivity contribution is 0.101. The third-order valence-electron chi connectivity index (χ3n) is 2.25. The molecule has 0 bridgehead atoms. The normalized spacial score (nSPS) is 10.4. The van der Waals surface area contributed by atoms with Gasteiger partial charge in [0.05, 0.1) is 6.54 Å². The first-order valence-electron chi connectivity index (χ1n) is 5.68. The van der Waals surface area contributed by atoms with Gasteiger partial charge >= 0.3 is 0 Å². The van der Waals surface area contributed by atoms with E-state index in [2.05, 4.69) is 14.7 Å². The molecule has 1 N–H and O–H groups in total. The van der Waals surface area contributed by atoms with Crippen LogP contribution >= 0.6 is 34.9 Å². The predicted octanol–water partition coefficient (Wildman–Crippen LogP) is 3.60. The van der Waals surface area contributed by atoms with E-state index in [0.717, 1.165) is 10.9 Å². The van der Waals surface area contributed by atoms with Crippen molar-refractivity contribution in [2.45, 2.75) is 12.1 Å². The zero-order valence-corrected chi connectivity index (χ0v) is 12.6. The van der Waals surface area contributed by atoms with Gasteiger partial charge in [-0.05, 0) is 30.0 Å². The molecule has 0 aliphatic rings. The average molecular weight is 314 g/mol. The smallest absolute Gasteiger partial charge is 0.203 e. The van der Waals surface area contributed by atoms with Crippen LogP contribution in [0, 0.1) is 0 Å². The molecule has 0 spiro atoms. The van der Waals surface area contributed by atoms with E-state index in [1.165, 1.54) is 11.5 Å². The Kier molecular flexibility index (Phi) is 5.18. The van der Waals surface area contributed by atoms with Gasteiger partial charge in [0.1, 0.15) is 0 Å². The van der Waals surface area contributed by atoms with Crippen molar-refractivity contribution >= 4 is 45.8 Å². The maximum Gasteiger partial charge on any atom is 0.203 e. The molecule has 0 amide bonds. The van der Waals surface area contributed by atoms with Gasteiger partial charge in [0.25, 0.3) is 0 Å². The van der Waals surface area contributed by atoms with E-state index in [0.29, 0.717) is 15.7 Å². The van der Waals surface area contributed by atoms with E-state index >= 15 is 0 Å². The van der Waals surface area contributed by atoms with Gasteiger partial charge < -0.3 is 5.32 Å². The van der Waals surface area contributed by atoms with Crippen molar-refractivity contribution in [1.29, 1.82) is 0 Å². The molecule has 1 aromatic carbocycles. The third-order valence-corrected chi connectivity index (χ3v) is 4.02. The Morgan fingerprint density at radius 2 is 2.16 bits per heavy atom. The molecule has 0 aliphatic carbocycles. The number of nitrogens with one attached hydrogen (secondary N) is 1. The minimum absolute atomic E-state index is 0.00318. The third kappa shape index (κ3) is 4.19. The molecule has 2 rings (SSSR count). The number of ketones is 1. The summed E-state index contributed by atoms with van der Waals surface area (Å²) in [5.74, 6) is 0.927. The fourth-order valence-electron chi connectivity index (χ4n) is 1.36. The number of thioether (sulfide) groups is 1. The Morgan fingerprint density at radius 3 is 2.84 bits per heavy atom. The second-order valence-corrected chi connectivity index (χ2v) is 6.02. The highest BCUT2D eigenvalue weighted by Gasteiger charge is 2.08. The second kappa shape index (κ2) is 6.88. The van der Waals surface area contributed by atoms with Gasteiger partial charge in [-0.2, -0.15) is 9.36 Å². The monoisotopic (exact) mass is 313 g/mol. The lowest BCUT2D eigenvalue weighted by atomic mass is 10.1. The Hall–Kier alpha value is -1.11. The number of anilines is 1. The van der Waals surface area contributed by atoms with Crippen molar-refractivity contribution in [1.82, 2.24) is 9.36 Å². The molecule has 0 saturated carbocycles. The molecular weight excluding hydrogens is 302 g/mol. The van der Waals surface area contributed by atoms with Crippen LogP contribution in [0.5, 0.6) is 0 Å². The number of Topliss-reactive ketones (excluding diaryl/α,β-unsaturated/α-hetero) is 1. The molecule has 0 radical (unpaired) electrons. The molecule has 0 aliphatic heterocycles. The summed E-state index contributed by atoms with van der Waals surface area (Å²) < 4.78 is 4.17. The van der Waals surface area contributed by atoms with Crippen LogP contribution in [0.15, 0.2) is 29.4 Å². The van der Waals surface area contributed by atoms with Crippen LogP contribution in [0.2, 0.25) is 5.02 Å². The van der Waals surface area contributed by atoms with E-state index in [9.17, 15) is 4.79 Å². The van der Waals surface area contributed by atoms with Crippen LogP contribution in [0.3, 0.4) is 0 Å². The fraction of sp³-hybridized carbons (Fsp3) is 0.250. The van der Waals surface area contributed by atoms with E-state index in [-0.39, 0.29) is 12.3 Å². The van der Waals surface area contributed by atoms with Crippen LogP contribution in [-0.4, -0.2) is 27.4 Å². The minimum Gasteiger partial charge on any atom is -0.353 e. The highest BCUT2D eigenvalue weighted by molar-refractivity contribution is 7.99. The number of hydrogen-bond acceptors (Lipinski definition) is 6. The molecule has 2 aromatic rings. The standard InChI is InChI=1S/C12H12ClN3OS2/c1-2-18-12-15-11(19-16-12)14-7-10(17)8-3-5-9(13)6-4-8/h3-6H,2,7H2,1H3,(H,14,15,16). The maximum absolute atomic E-state index is 11.9. The average Bonchev–Trinajstić information content (AvgIpc) is 2.85. The molecule has 1 heterocycles. The first kappa shape index (κ1) is 14.3. The summed E-state index contributed by atoms with van der Waals surface area (Å²) in [7, 11) is 0. The van der Waals surface area contributed by atoms with Gasteiger partial charge in [-0.3, -0.25) is 4.79 Å². The Bertz CT molecular complexity index is 556. The second-order valence-electron chi connectivity index (χ2n) is 3.60. The molecule has 0 atom stereocenters. The largest absolute Gasteiger partial charge is 0.353 e. The molecule has 19 heavy (non-hydrogen) atoms. The van der Waals surface area contributed by atoms with E-state index in [1.54, 1.807) is 36.0 Å².